The Bertz CT molecular complexity index is 1430. The third-order valence-corrected chi connectivity index (χ3v) is 5.67. The minimum absolute atomic E-state index is 0.0445. The normalized spacial score (nSPS) is 13.7. The lowest BCUT2D eigenvalue weighted by Gasteiger charge is -2.28. The number of carbonyl (C=O) groups excluding carboxylic acids is 1. The zero-order valence-electron chi connectivity index (χ0n) is 17.5. The maximum atomic E-state index is 13.9. The number of aromatic nitrogens is 3. The van der Waals surface area contributed by atoms with Gasteiger partial charge in [0.15, 0.2) is 17.0 Å². The number of anilines is 1. The van der Waals surface area contributed by atoms with Crippen LogP contribution < -0.4 is 4.90 Å². The number of non-ortho nitro benzene ring substituents is 1. The van der Waals surface area contributed by atoms with Gasteiger partial charge in [0.05, 0.1) is 10.6 Å². The molecule has 5 rings (SSSR count). The number of rotatable bonds is 3. The van der Waals surface area contributed by atoms with E-state index < -0.39 is 22.7 Å². The summed E-state index contributed by atoms with van der Waals surface area (Å²) in [5, 5.41) is 14.8. The van der Waals surface area contributed by atoms with Crippen LogP contribution in [0.5, 0.6) is 0 Å². The predicted octanol–water partition coefficient (Wildman–Crippen LogP) is 4.92. The van der Waals surface area contributed by atoms with Crippen LogP contribution in [0.25, 0.3) is 16.9 Å². The maximum absolute atomic E-state index is 13.9. The van der Waals surface area contributed by atoms with Crippen molar-refractivity contribution in [2.45, 2.75) is 19.0 Å². The summed E-state index contributed by atoms with van der Waals surface area (Å²) in [5.41, 5.74) is 0.303. The first-order chi connectivity index (χ1) is 16.2. The highest BCUT2D eigenvalue weighted by atomic mass is 19.4. The minimum Gasteiger partial charge on any atom is -0.307 e. The molecule has 0 unspecified atom stereocenters. The third kappa shape index (κ3) is 3.74. The van der Waals surface area contributed by atoms with Crippen molar-refractivity contribution in [2.75, 3.05) is 11.4 Å². The van der Waals surface area contributed by atoms with Crippen LogP contribution >= 0.6 is 0 Å². The second-order valence-corrected chi connectivity index (χ2v) is 7.82. The highest BCUT2D eigenvalue weighted by molar-refractivity contribution is 6.06. The Hall–Kier alpha value is -4.28. The molecule has 1 amide bonds. The van der Waals surface area contributed by atoms with Crippen LogP contribution in [0.1, 0.15) is 28.2 Å². The van der Waals surface area contributed by atoms with Crippen LogP contribution in [0.4, 0.5) is 24.5 Å². The van der Waals surface area contributed by atoms with E-state index in [0.717, 1.165) is 24.5 Å². The van der Waals surface area contributed by atoms with Crippen molar-refractivity contribution < 1.29 is 22.9 Å². The second-order valence-electron chi connectivity index (χ2n) is 7.82. The Morgan fingerprint density at radius 2 is 1.79 bits per heavy atom. The molecular weight excluding hydrogens is 451 g/mol. The number of alkyl halides is 3. The Morgan fingerprint density at radius 1 is 1.06 bits per heavy atom. The molecule has 0 aliphatic carbocycles. The summed E-state index contributed by atoms with van der Waals surface area (Å²) in [6.45, 7) is 0.428. The molecule has 0 spiro atoms. The summed E-state index contributed by atoms with van der Waals surface area (Å²) in [6, 6.07) is 14.4. The number of benzene rings is 2. The van der Waals surface area contributed by atoms with Gasteiger partial charge in [0.25, 0.3) is 11.6 Å². The summed E-state index contributed by atoms with van der Waals surface area (Å²) in [4.78, 5) is 29.3. The average molecular weight is 467 g/mol. The molecule has 0 saturated heterocycles. The highest BCUT2D eigenvalue weighted by Crippen LogP contribution is 2.33. The van der Waals surface area contributed by atoms with E-state index in [2.05, 4.69) is 10.1 Å². The molecule has 0 atom stereocenters. The van der Waals surface area contributed by atoms with Gasteiger partial charge in [-0.2, -0.15) is 18.3 Å². The van der Waals surface area contributed by atoms with Gasteiger partial charge in [-0.25, -0.2) is 9.50 Å². The molecule has 8 nitrogen and oxygen atoms in total. The van der Waals surface area contributed by atoms with Crippen LogP contribution in [0.15, 0.2) is 60.7 Å². The van der Waals surface area contributed by atoms with E-state index in [0.29, 0.717) is 16.7 Å². The quantitative estimate of drug-likeness (QED) is 0.315. The molecule has 3 heterocycles. The number of para-hydroxylation sites is 1. The van der Waals surface area contributed by atoms with E-state index in [1.54, 1.807) is 12.1 Å². The number of hydrogen-bond acceptors (Lipinski definition) is 5. The molecule has 2 aromatic carbocycles. The van der Waals surface area contributed by atoms with Gasteiger partial charge in [0.2, 0.25) is 0 Å². The van der Waals surface area contributed by atoms with Crippen molar-refractivity contribution in [1.29, 1.82) is 0 Å². The number of fused-ring (bicyclic) bond motifs is 2. The van der Waals surface area contributed by atoms with E-state index >= 15 is 0 Å². The van der Waals surface area contributed by atoms with E-state index in [1.807, 2.05) is 12.1 Å². The maximum Gasteiger partial charge on any atom is 0.433 e. The fourth-order valence-corrected chi connectivity index (χ4v) is 4.07. The zero-order valence-corrected chi connectivity index (χ0v) is 17.5. The predicted molar refractivity (Wildman–Crippen MR) is 117 cm³/mol. The average Bonchev–Trinajstić information content (AvgIpc) is 3.26. The van der Waals surface area contributed by atoms with Crippen molar-refractivity contribution >= 4 is 22.9 Å². The van der Waals surface area contributed by atoms with Gasteiger partial charge in [-0.3, -0.25) is 14.9 Å². The second kappa shape index (κ2) is 7.94. The minimum atomic E-state index is -4.78. The first-order valence-corrected chi connectivity index (χ1v) is 10.3. The number of aryl methyl sites for hydroxylation is 1. The molecule has 4 aromatic rings. The van der Waals surface area contributed by atoms with E-state index in [-0.39, 0.29) is 28.3 Å². The van der Waals surface area contributed by atoms with Crippen molar-refractivity contribution in [3.8, 4) is 11.3 Å². The van der Waals surface area contributed by atoms with Crippen LogP contribution in [0.2, 0.25) is 0 Å². The Kier molecular flexibility index (Phi) is 5.03. The van der Waals surface area contributed by atoms with Crippen molar-refractivity contribution in [3.63, 3.8) is 0 Å². The molecule has 0 radical (unpaired) electrons. The number of hydrogen-bond donors (Lipinski definition) is 0. The van der Waals surface area contributed by atoms with Gasteiger partial charge < -0.3 is 4.90 Å². The summed E-state index contributed by atoms with van der Waals surface area (Å²) in [5.74, 6) is -0.511. The molecule has 0 fully saturated rings. The van der Waals surface area contributed by atoms with E-state index in [4.69, 9.17) is 0 Å². The Morgan fingerprint density at radius 3 is 2.50 bits per heavy atom. The van der Waals surface area contributed by atoms with E-state index in [9.17, 15) is 28.1 Å². The number of amides is 1. The van der Waals surface area contributed by atoms with Crippen LogP contribution in [-0.2, 0) is 12.6 Å². The fourth-order valence-electron chi connectivity index (χ4n) is 4.07. The lowest BCUT2D eigenvalue weighted by molar-refractivity contribution is -0.384. The summed E-state index contributed by atoms with van der Waals surface area (Å²) in [6.07, 6.45) is -3.24. The monoisotopic (exact) mass is 467 g/mol. The number of nitro groups is 1. The smallest absolute Gasteiger partial charge is 0.307 e. The highest BCUT2D eigenvalue weighted by Gasteiger charge is 2.36. The van der Waals surface area contributed by atoms with Crippen molar-refractivity contribution in [1.82, 2.24) is 14.6 Å². The summed E-state index contributed by atoms with van der Waals surface area (Å²) in [7, 11) is 0. The van der Waals surface area contributed by atoms with Gasteiger partial charge >= 0.3 is 6.18 Å². The molecule has 11 heteroatoms. The molecule has 0 saturated carbocycles. The van der Waals surface area contributed by atoms with Crippen LogP contribution in [0.3, 0.4) is 0 Å². The van der Waals surface area contributed by atoms with E-state index in [1.165, 1.54) is 35.2 Å². The molecular formula is C23H16F3N5O3. The Balaban J connectivity index is 1.60. The lowest BCUT2D eigenvalue weighted by Crippen LogP contribution is -2.35. The van der Waals surface area contributed by atoms with Crippen molar-refractivity contribution in [3.05, 3.63) is 87.7 Å². The molecule has 1 aliphatic rings. The van der Waals surface area contributed by atoms with Gasteiger partial charge in [0.1, 0.15) is 0 Å². The van der Waals surface area contributed by atoms with Gasteiger partial charge in [-0.15, -0.1) is 0 Å². The fraction of sp³-hybridized carbons (Fsp3) is 0.174. The number of halogens is 3. The van der Waals surface area contributed by atoms with Gasteiger partial charge in [-0.1, -0.05) is 18.2 Å². The first kappa shape index (κ1) is 21.6. The summed E-state index contributed by atoms with van der Waals surface area (Å²) < 4.78 is 42.2. The zero-order chi connectivity index (χ0) is 24.0. The van der Waals surface area contributed by atoms with Gasteiger partial charge in [0, 0.05) is 36.0 Å². The van der Waals surface area contributed by atoms with Crippen LogP contribution in [-0.4, -0.2) is 32.0 Å². The standard InChI is InChI=1S/C23H16F3N5O3/c24-23(25,26)20-12-17(14-7-9-16(10-8-14)31(33)34)27-21-13-18(28-30(20)21)22(32)29-11-3-5-15-4-1-2-6-19(15)29/h1-2,4,6-10,12-13H,3,5,11H2. The first-order valence-electron chi connectivity index (χ1n) is 10.3. The van der Waals surface area contributed by atoms with Crippen LogP contribution in [0, 0.1) is 10.1 Å². The number of nitrogens with zero attached hydrogens (tertiary/aromatic N) is 5. The van der Waals surface area contributed by atoms with Crippen molar-refractivity contribution in [2.24, 2.45) is 0 Å². The molecule has 2 aromatic heterocycles. The third-order valence-electron chi connectivity index (χ3n) is 5.67. The molecule has 0 bridgehead atoms. The van der Waals surface area contributed by atoms with Gasteiger partial charge in [-0.05, 0) is 42.7 Å². The topological polar surface area (TPSA) is 93.6 Å². The molecule has 34 heavy (non-hydrogen) atoms. The number of nitro benzene ring substituents is 1. The SMILES string of the molecule is O=C(c1cc2nc(-c3ccc([N+](=O)[O-])cc3)cc(C(F)(F)F)n2n1)N1CCCc2ccccc21. The molecule has 172 valence electrons. The molecule has 1 aliphatic heterocycles. The molecule has 0 N–H and O–H groups in total. The largest absolute Gasteiger partial charge is 0.433 e. The number of carbonyl (C=O) groups is 1. The Labute approximate surface area is 190 Å². The lowest BCUT2D eigenvalue weighted by atomic mass is 10.0. The summed E-state index contributed by atoms with van der Waals surface area (Å²) >= 11 is 0.